The molecule has 0 saturated heterocycles. The van der Waals surface area contributed by atoms with Gasteiger partial charge in [-0.3, -0.25) is 9.88 Å². The molecular weight excluding hydrogens is 282 g/mol. The van der Waals surface area contributed by atoms with E-state index in [1.165, 1.54) is 0 Å². The van der Waals surface area contributed by atoms with Crippen LogP contribution in [0.15, 0.2) is 42.6 Å². The van der Waals surface area contributed by atoms with Gasteiger partial charge in [0.2, 0.25) is 0 Å². The Bertz CT molecular complexity index is 616. The second-order valence-electron chi connectivity index (χ2n) is 4.89. The fourth-order valence-electron chi connectivity index (χ4n) is 2.18. The molecule has 1 heterocycles. The fraction of sp³-hybridized carbons (Fsp3) is 0.250. The lowest BCUT2D eigenvalue weighted by Gasteiger charge is -2.17. The van der Waals surface area contributed by atoms with Gasteiger partial charge in [-0.2, -0.15) is 0 Å². The highest BCUT2D eigenvalue weighted by Gasteiger charge is 2.09. The van der Waals surface area contributed by atoms with Gasteiger partial charge in [-0.1, -0.05) is 24.4 Å². The summed E-state index contributed by atoms with van der Waals surface area (Å²) in [6.07, 6.45) is 1.81. The Morgan fingerprint density at radius 1 is 1.29 bits per heavy atom. The summed E-state index contributed by atoms with van der Waals surface area (Å²) in [5.41, 5.74) is 8.70. The molecule has 0 spiro atoms. The Morgan fingerprint density at radius 3 is 2.71 bits per heavy atom. The molecule has 0 bridgehead atoms. The SMILES string of the molecule is COc1ccc(CN(C)Cc2ccccn2)cc1C(N)=S. The maximum atomic E-state index is 5.74. The second-order valence-corrected chi connectivity index (χ2v) is 5.33. The predicted molar refractivity (Wildman–Crippen MR) is 88.3 cm³/mol. The van der Waals surface area contributed by atoms with Crippen molar-refractivity contribution in [2.75, 3.05) is 14.2 Å². The van der Waals surface area contributed by atoms with Crippen molar-refractivity contribution in [2.24, 2.45) is 5.73 Å². The molecule has 0 unspecified atom stereocenters. The average Bonchev–Trinajstić information content (AvgIpc) is 2.48. The summed E-state index contributed by atoms with van der Waals surface area (Å²) >= 11 is 5.07. The Labute approximate surface area is 130 Å². The molecule has 1 aromatic heterocycles. The van der Waals surface area contributed by atoms with Crippen LogP contribution in [-0.4, -0.2) is 29.0 Å². The largest absolute Gasteiger partial charge is 0.496 e. The summed E-state index contributed by atoms with van der Waals surface area (Å²) in [7, 11) is 3.67. The lowest BCUT2D eigenvalue weighted by Crippen LogP contribution is -2.18. The van der Waals surface area contributed by atoms with Gasteiger partial charge in [0.25, 0.3) is 0 Å². The number of benzene rings is 1. The Hall–Kier alpha value is -1.98. The van der Waals surface area contributed by atoms with Crippen LogP contribution in [0.5, 0.6) is 5.75 Å². The first-order chi connectivity index (χ1) is 10.1. The zero-order chi connectivity index (χ0) is 15.2. The van der Waals surface area contributed by atoms with Crippen LogP contribution in [0.3, 0.4) is 0 Å². The van der Waals surface area contributed by atoms with E-state index < -0.39 is 0 Å². The van der Waals surface area contributed by atoms with Crippen LogP contribution in [0, 0.1) is 0 Å². The smallest absolute Gasteiger partial charge is 0.129 e. The maximum Gasteiger partial charge on any atom is 0.129 e. The molecule has 0 fully saturated rings. The van der Waals surface area contributed by atoms with Crippen molar-refractivity contribution in [3.8, 4) is 5.75 Å². The van der Waals surface area contributed by atoms with Crippen LogP contribution in [0.1, 0.15) is 16.8 Å². The molecule has 110 valence electrons. The Balaban J connectivity index is 2.09. The molecule has 2 rings (SSSR count). The van der Waals surface area contributed by atoms with E-state index >= 15 is 0 Å². The summed E-state index contributed by atoms with van der Waals surface area (Å²) in [6, 6.07) is 11.8. The number of nitrogens with two attached hydrogens (primary N) is 1. The van der Waals surface area contributed by atoms with Crippen LogP contribution in [0.2, 0.25) is 0 Å². The Morgan fingerprint density at radius 2 is 2.10 bits per heavy atom. The zero-order valence-electron chi connectivity index (χ0n) is 12.2. The van der Waals surface area contributed by atoms with E-state index in [9.17, 15) is 0 Å². The molecule has 0 aliphatic carbocycles. The molecule has 0 amide bonds. The number of thiocarbonyl (C=S) groups is 1. The van der Waals surface area contributed by atoms with E-state index in [0.717, 1.165) is 29.9 Å². The highest BCUT2D eigenvalue weighted by atomic mass is 32.1. The number of rotatable bonds is 6. The summed E-state index contributed by atoms with van der Waals surface area (Å²) in [5.74, 6) is 0.707. The minimum atomic E-state index is 0.348. The molecule has 21 heavy (non-hydrogen) atoms. The van der Waals surface area contributed by atoms with Crippen molar-refractivity contribution in [3.63, 3.8) is 0 Å². The average molecular weight is 301 g/mol. The normalized spacial score (nSPS) is 10.6. The maximum absolute atomic E-state index is 5.74. The standard InChI is InChI=1S/C16H19N3OS/c1-19(11-13-5-3-4-8-18-13)10-12-6-7-15(20-2)14(9-12)16(17)21/h3-9H,10-11H2,1-2H3,(H2,17,21). The van der Waals surface area contributed by atoms with Gasteiger partial charge in [-0.15, -0.1) is 0 Å². The molecule has 5 heteroatoms. The van der Waals surface area contributed by atoms with Gasteiger partial charge >= 0.3 is 0 Å². The molecule has 0 atom stereocenters. The molecule has 0 saturated carbocycles. The summed E-state index contributed by atoms with van der Waals surface area (Å²) in [6.45, 7) is 1.57. The van der Waals surface area contributed by atoms with Gasteiger partial charge < -0.3 is 10.5 Å². The predicted octanol–water partition coefficient (Wildman–Crippen LogP) is 2.36. The van der Waals surface area contributed by atoms with Crippen LogP contribution in [0.4, 0.5) is 0 Å². The van der Waals surface area contributed by atoms with Gasteiger partial charge in [0, 0.05) is 19.3 Å². The molecule has 0 aliphatic rings. The molecular formula is C16H19N3OS. The molecule has 2 N–H and O–H groups in total. The third kappa shape index (κ3) is 4.24. The van der Waals surface area contributed by atoms with Gasteiger partial charge in [-0.05, 0) is 36.9 Å². The molecule has 2 aromatic rings. The van der Waals surface area contributed by atoms with E-state index in [-0.39, 0.29) is 0 Å². The monoisotopic (exact) mass is 301 g/mol. The number of methoxy groups -OCH3 is 1. The third-order valence-electron chi connectivity index (χ3n) is 3.14. The third-order valence-corrected chi connectivity index (χ3v) is 3.36. The second kappa shape index (κ2) is 7.15. The van der Waals surface area contributed by atoms with Gasteiger partial charge in [-0.25, -0.2) is 0 Å². The number of ether oxygens (including phenoxy) is 1. The van der Waals surface area contributed by atoms with Crippen LogP contribution < -0.4 is 10.5 Å². The first-order valence-corrected chi connectivity index (χ1v) is 7.06. The van der Waals surface area contributed by atoms with Crippen molar-refractivity contribution >= 4 is 17.2 Å². The van der Waals surface area contributed by atoms with E-state index in [1.54, 1.807) is 7.11 Å². The van der Waals surface area contributed by atoms with Crippen molar-refractivity contribution in [1.29, 1.82) is 0 Å². The lowest BCUT2D eigenvalue weighted by atomic mass is 10.1. The minimum Gasteiger partial charge on any atom is -0.496 e. The molecule has 4 nitrogen and oxygen atoms in total. The van der Waals surface area contributed by atoms with Gasteiger partial charge in [0.05, 0.1) is 18.4 Å². The van der Waals surface area contributed by atoms with Crippen molar-refractivity contribution in [3.05, 3.63) is 59.4 Å². The lowest BCUT2D eigenvalue weighted by molar-refractivity contribution is 0.315. The van der Waals surface area contributed by atoms with E-state index in [0.29, 0.717) is 10.7 Å². The summed E-state index contributed by atoms with van der Waals surface area (Å²) in [5, 5.41) is 0. The number of nitrogens with zero attached hydrogens (tertiary/aromatic N) is 2. The highest BCUT2D eigenvalue weighted by molar-refractivity contribution is 7.80. The first-order valence-electron chi connectivity index (χ1n) is 6.65. The van der Waals surface area contributed by atoms with Crippen LogP contribution in [0.25, 0.3) is 0 Å². The first kappa shape index (κ1) is 15.4. The quantitative estimate of drug-likeness (QED) is 0.830. The topological polar surface area (TPSA) is 51.4 Å². The van der Waals surface area contributed by atoms with E-state index in [1.807, 2.05) is 42.6 Å². The van der Waals surface area contributed by atoms with Crippen LogP contribution in [-0.2, 0) is 13.1 Å². The number of hydrogen-bond donors (Lipinski definition) is 1. The minimum absolute atomic E-state index is 0.348. The number of hydrogen-bond acceptors (Lipinski definition) is 4. The van der Waals surface area contributed by atoms with E-state index in [4.69, 9.17) is 22.7 Å². The van der Waals surface area contributed by atoms with Gasteiger partial charge in [0.15, 0.2) is 0 Å². The van der Waals surface area contributed by atoms with Crippen molar-refractivity contribution < 1.29 is 4.74 Å². The molecule has 0 radical (unpaired) electrons. The number of aromatic nitrogens is 1. The van der Waals surface area contributed by atoms with Crippen LogP contribution >= 0.6 is 12.2 Å². The van der Waals surface area contributed by atoms with Crippen molar-refractivity contribution in [2.45, 2.75) is 13.1 Å². The highest BCUT2D eigenvalue weighted by Crippen LogP contribution is 2.20. The molecule has 0 aliphatic heterocycles. The Kier molecular flexibility index (Phi) is 5.25. The fourth-order valence-corrected chi connectivity index (χ4v) is 2.34. The van der Waals surface area contributed by atoms with Crippen molar-refractivity contribution in [1.82, 2.24) is 9.88 Å². The number of pyridine rings is 1. The summed E-state index contributed by atoms with van der Waals surface area (Å²) < 4.78 is 5.27. The molecule has 1 aromatic carbocycles. The zero-order valence-corrected chi connectivity index (χ0v) is 13.1. The van der Waals surface area contributed by atoms with E-state index in [2.05, 4.69) is 16.9 Å². The summed E-state index contributed by atoms with van der Waals surface area (Å²) in [4.78, 5) is 6.87. The van der Waals surface area contributed by atoms with Gasteiger partial charge in [0.1, 0.15) is 10.7 Å².